The second-order valence-corrected chi connectivity index (χ2v) is 13.9. The molecule has 1 saturated heterocycles. The van der Waals surface area contributed by atoms with Crippen molar-refractivity contribution >= 4 is 12.6 Å². The largest absolute Gasteiger partial charge is 0.392 e. The molecule has 2 fully saturated rings. The van der Waals surface area contributed by atoms with Crippen molar-refractivity contribution in [1.29, 1.82) is 0 Å². The molecule has 0 spiro atoms. The average Bonchev–Trinajstić information content (AvgIpc) is 3.14. The first-order chi connectivity index (χ1) is 23.3. The highest BCUT2D eigenvalue weighted by Gasteiger charge is 2.35. The Labute approximate surface area is 290 Å². The van der Waals surface area contributed by atoms with Crippen LogP contribution >= 0.6 is 0 Å². The third-order valence-electron chi connectivity index (χ3n) is 10.0. The van der Waals surface area contributed by atoms with Crippen LogP contribution in [0.3, 0.4) is 0 Å². The summed E-state index contributed by atoms with van der Waals surface area (Å²) in [6.07, 6.45) is 18.5. The van der Waals surface area contributed by atoms with E-state index in [4.69, 9.17) is 29.2 Å². The lowest BCUT2D eigenvalue weighted by Crippen LogP contribution is -2.43. The van der Waals surface area contributed by atoms with Gasteiger partial charge in [-0.2, -0.15) is 0 Å². The van der Waals surface area contributed by atoms with E-state index in [1.807, 2.05) is 0 Å². The van der Waals surface area contributed by atoms with E-state index in [1.54, 1.807) is 30.9 Å². The highest BCUT2D eigenvalue weighted by molar-refractivity contribution is 5.72. The first-order valence-corrected chi connectivity index (χ1v) is 18.1. The molecule has 0 amide bonds. The Morgan fingerprint density at radius 3 is 1.98 bits per heavy atom. The van der Waals surface area contributed by atoms with Gasteiger partial charge in [0.15, 0.2) is 6.29 Å². The summed E-state index contributed by atoms with van der Waals surface area (Å²) in [6.45, 7) is 11.0. The lowest BCUT2D eigenvalue weighted by Gasteiger charge is -2.39. The number of benzene rings is 1. The van der Waals surface area contributed by atoms with Gasteiger partial charge in [-0.25, -0.2) is 0 Å². The number of carbonyl (C=O) groups excluding carboxylic acids is 2. The number of hydrogen-bond donors (Lipinski definition) is 2. The molecule has 2 N–H and O–H groups in total. The van der Waals surface area contributed by atoms with Gasteiger partial charge in [0.1, 0.15) is 12.6 Å². The first-order valence-electron chi connectivity index (χ1n) is 18.1. The zero-order valence-corrected chi connectivity index (χ0v) is 30.0. The molecule has 48 heavy (non-hydrogen) atoms. The molecule has 1 saturated carbocycles. The van der Waals surface area contributed by atoms with Gasteiger partial charge in [-0.15, -0.1) is 0 Å². The number of ether oxygens (including phenoxy) is 4. The minimum Gasteiger partial charge on any atom is -0.392 e. The number of unbranched alkanes of at least 4 members (excludes halogenated alkanes) is 2. The predicted molar refractivity (Wildman–Crippen MR) is 191 cm³/mol. The fourth-order valence-electron chi connectivity index (χ4n) is 7.07. The van der Waals surface area contributed by atoms with Gasteiger partial charge >= 0.3 is 0 Å². The van der Waals surface area contributed by atoms with Gasteiger partial charge in [0, 0.05) is 31.3 Å². The molecule has 1 aromatic carbocycles. The number of aliphatic hydroxyl groups excluding tert-OH is 2. The molecule has 1 aliphatic heterocycles. The molecule has 1 aromatic rings. The second kappa shape index (κ2) is 24.9. The molecule has 2 aliphatic carbocycles. The molecule has 0 radical (unpaired) electrons. The average molecular weight is 673 g/mol. The summed E-state index contributed by atoms with van der Waals surface area (Å²) in [6, 6.07) is 7.40. The number of fused-ring (bicyclic) bond motifs is 1. The van der Waals surface area contributed by atoms with Crippen LogP contribution in [0.4, 0.5) is 0 Å². The quantitative estimate of drug-likeness (QED) is 0.110. The van der Waals surface area contributed by atoms with Crippen LogP contribution in [0.2, 0.25) is 0 Å². The summed E-state index contributed by atoms with van der Waals surface area (Å²) in [5, 5.41) is 16.0. The summed E-state index contributed by atoms with van der Waals surface area (Å²) in [5.41, 5.74) is 5.29. The van der Waals surface area contributed by atoms with Crippen LogP contribution in [0.5, 0.6) is 0 Å². The molecule has 0 bridgehead atoms. The predicted octanol–water partition coefficient (Wildman–Crippen LogP) is 6.48. The monoisotopic (exact) mass is 672 g/mol. The maximum absolute atomic E-state index is 9.48. The third-order valence-corrected chi connectivity index (χ3v) is 10.0. The van der Waals surface area contributed by atoms with Crippen LogP contribution in [0.15, 0.2) is 42.5 Å². The lowest BCUT2D eigenvalue weighted by molar-refractivity contribution is -0.243. The van der Waals surface area contributed by atoms with Crippen LogP contribution < -0.4 is 0 Å². The van der Waals surface area contributed by atoms with Crippen LogP contribution in [0, 0.1) is 29.6 Å². The zero-order chi connectivity index (χ0) is 35.1. The van der Waals surface area contributed by atoms with E-state index in [1.165, 1.54) is 83.5 Å². The molecular formula is C40H64O8. The first kappa shape index (κ1) is 42.0. The Morgan fingerprint density at radius 2 is 1.46 bits per heavy atom. The van der Waals surface area contributed by atoms with Crippen molar-refractivity contribution in [3.63, 3.8) is 0 Å². The lowest BCUT2D eigenvalue weighted by atomic mass is 9.73. The Hall–Kier alpha value is -2.20. The minimum atomic E-state index is -0.233. The van der Waals surface area contributed by atoms with E-state index in [2.05, 4.69) is 38.3 Å². The van der Waals surface area contributed by atoms with Crippen molar-refractivity contribution in [1.82, 2.24) is 0 Å². The molecule has 8 nitrogen and oxygen atoms in total. The molecule has 1 heterocycles. The van der Waals surface area contributed by atoms with Crippen molar-refractivity contribution in [3.05, 3.63) is 59.2 Å². The third kappa shape index (κ3) is 15.6. The summed E-state index contributed by atoms with van der Waals surface area (Å²) in [4.78, 5) is 19.0. The highest BCUT2D eigenvalue weighted by atomic mass is 16.7. The molecular weight excluding hydrogens is 608 g/mol. The van der Waals surface area contributed by atoms with Gasteiger partial charge in [0.2, 0.25) is 0 Å². The fourth-order valence-corrected chi connectivity index (χ4v) is 7.07. The van der Waals surface area contributed by atoms with Crippen molar-refractivity contribution < 1.29 is 38.7 Å². The van der Waals surface area contributed by atoms with Gasteiger partial charge in [0.25, 0.3) is 0 Å². The molecule has 272 valence electrons. The van der Waals surface area contributed by atoms with Crippen LogP contribution in [-0.2, 0) is 47.8 Å². The van der Waals surface area contributed by atoms with Crippen LogP contribution in [0.25, 0.3) is 0 Å². The molecule has 1 unspecified atom stereocenters. The number of rotatable bonds is 17. The number of carbonyl (C=O) groups is 2. The van der Waals surface area contributed by atoms with Crippen molar-refractivity contribution in [3.8, 4) is 0 Å². The van der Waals surface area contributed by atoms with Gasteiger partial charge in [0.05, 0.1) is 45.6 Å². The number of methoxy groups -OCH3 is 2. The molecule has 8 heteroatoms. The van der Waals surface area contributed by atoms with E-state index in [9.17, 15) is 9.59 Å². The highest BCUT2D eigenvalue weighted by Crippen LogP contribution is 2.39. The van der Waals surface area contributed by atoms with Crippen molar-refractivity contribution in [2.75, 3.05) is 53.9 Å². The summed E-state index contributed by atoms with van der Waals surface area (Å²) in [7, 11) is 3.45. The van der Waals surface area contributed by atoms with E-state index in [-0.39, 0.29) is 36.6 Å². The standard InChI is InChI=1S/C32H52O4.2C4H6O2/c1-4-5-6-7-25-12-16-29-19-26(13-17-28(29)18-25)9-8-24-10-14-27(15-11-24)30-22-35-32(36-23-30)31(20-33-2)21-34-3;2*1-4(2-5)3-6/h12,16,18,24,26-27,30-32H,4-11,13-15,17,19-23H2,1-3H3;2*2,6H,1,3H2. The number of aldehydes is 2. The fraction of sp³-hybridized carbons (Fsp3) is 0.700. The Kier molecular flexibility index (Phi) is 21.7. The summed E-state index contributed by atoms with van der Waals surface area (Å²) < 4.78 is 22.9. The van der Waals surface area contributed by atoms with Gasteiger partial charge in [-0.05, 0) is 85.8 Å². The van der Waals surface area contributed by atoms with E-state index >= 15 is 0 Å². The van der Waals surface area contributed by atoms with E-state index < -0.39 is 0 Å². The van der Waals surface area contributed by atoms with Crippen molar-refractivity contribution in [2.45, 2.75) is 96.7 Å². The maximum Gasteiger partial charge on any atom is 0.164 e. The van der Waals surface area contributed by atoms with Crippen LogP contribution in [0.1, 0.15) is 87.8 Å². The summed E-state index contributed by atoms with van der Waals surface area (Å²) in [5.74, 6) is 3.28. The summed E-state index contributed by atoms with van der Waals surface area (Å²) >= 11 is 0. The topological polar surface area (TPSA) is 112 Å². The number of aliphatic hydroxyl groups is 2. The second-order valence-electron chi connectivity index (χ2n) is 13.9. The Morgan fingerprint density at radius 1 is 0.854 bits per heavy atom. The number of hydrogen-bond acceptors (Lipinski definition) is 8. The Balaban J connectivity index is 0.000000570. The SMILES string of the molecule is C=C(C=O)CO.C=C(C=O)CO.CCCCCc1ccc2c(c1)CCC(CCC1CCC(C3COC(C(COC)COC)OC3)CC1)C2. The molecule has 0 aromatic heterocycles. The molecule has 3 aliphatic rings. The van der Waals surface area contributed by atoms with Gasteiger partial charge < -0.3 is 29.2 Å². The normalized spacial score (nSPS) is 23.5. The van der Waals surface area contributed by atoms with Gasteiger partial charge in [-0.1, -0.05) is 70.4 Å². The smallest absolute Gasteiger partial charge is 0.164 e. The Bertz CT molecular complexity index is 1030. The molecule has 4 rings (SSSR count). The maximum atomic E-state index is 9.48. The zero-order valence-electron chi connectivity index (χ0n) is 30.0. The number of aryl methyl sites for hydroxylation is 2. The van der Waals surface area contributed by atoms with E-state index in [0.29, 0.717) is 31.7 Å². The molecule has 1 atom stereocenters. The minimum absolute atomic E-state index is 0.149. The van der Waals surface area contributed by atoms with Crippen molar-refractivity contribution in [2.24, 2.45) is 29.6 Å². The van der Waals surface area contributed by atoms with E-state index in [0.717, 1.165) is 31.0 Å². The van der Waals surface area contributed by atoms with Crippen LogP contribution in [-0.4, -0.2) is 82.9 Å². The van der Waals surface area contributed by atoms with Gasteiger partial charge in [-0.3, -0.25) is 9.59 Å².